The number of aryl methyl sites for hydroxylation is 1. The molecule has 0 amide bonds. The van der Waals surface area contributed by atoms with Crippen molar-refractivity contribution >= 4 is 21.6 Å². The third-order valence-electron chi connectivity index (χ3n) is 6.00. The van der Waals surface area contributed by atoms with Crippen LogP contribution in [0.25, 0.3) is 28.0 Å². The molecule has 3 aromatic carbocycles. The minimum atomic E-state index is -0.204. The fourth-order valence-corrected chi connectivity index (χ4v) is 4.93. The number of fused-ring (bicyclic) bond motifs is 1. The Morgan fingerprint density at radius 2 is 1.51 bits per heavy atom. The Bertz CT molecular complexity index is 1530. The van der Waals surface area contributed by atoms with Gasteiger partial charge >= 0.3 is 0 Å². The van der Waals surface area contributed by atoms with Gasteiger partial charge in [-0.3, -0.25) is 4.79 Å². The van der Waals surface area contributed by atoms with E-state index in [0.717, 1.165) is 32.6 Å². The van der Waals surface area contributed by atoms with E-state index in [1.165, 1.54) is 4.52 Å². The molecule has 5 aromatic rings. The first-order valence-corrected chi connectivity index (χ1v) is 12.0. The molecule has 0 saturated carbocycles. The molecule has 0 aliphatic rings. The zero-order valence-corrected chi connectivity index (χ0v) is 21.0. The Balaban J connectivity index is 1.67. The SMILES string of the molecule is COc1ccc(-c2c(COCc3ccccc3)n(C)c3c(Br)c(-c4ccccc4)nn3c2=O)cc1. The molecular formula is C28H24BrN3O3. The lowest BCUT2D eigenvalue weighted by Crippen LogP contribution is -2.24. The van der Waals surface area contributed by atoms with E-state index in [9.17, 15) is 4.79 Å². The monoisotopic (exact) mass is 529 g/mol. The molecule has 6 nitrogen and oxygen atoms in total. The molecular weight excluding hydrogens is 506 g/mol. The molecule has 0 N–H and O–H groups in total. The van der Waals surface area contributed by atoms with E-state index >= 15 is 0 Å². The second kappa shape index (κ2) is 9.90. The van der Waals surface area contributed by atoms with Gasteiger partial charge in [0.15, 0.2) is 5.65 Å². The molecule has 7 heteroatoms. The molecule has 35 heavy (non-hydrogen) atoms. The van der Waals surface area contributed by atoms with Crippen molar-refractivity contribution in [3.05, 3.63) is 111 Å². The summed E-state index contributed by atoms with van der Waals surface area (Å²) < 4.78 is 15.6. The van der Waals surface area contributed by atoms with Crippen LogP contribution >= 0.6 is 15.9 Å². The highest BCUT2D eigenvalue weighted by atomic mass is 79.9. The van der Waals surface area contributed by atoms with Crippen LogP contribution in [0.15, 0.2) is 94.2 Å². The maximum absolute atomic E-state index is 13.9. The topological polar surface area (TPSA) is 57.8 Å². The average Bonchev–Trinajstić information content (AvgIpc) is 3.26. The molecule has 0 atom stereocenters. The van der Waals surface area contributed by atoms with Crippen molar-refractivity contribution in [3.8, 4) is 28.1 Å². The van der Waals surface area contributed by atoms with Gasteiger partial charge in [-0.2, -0.15) is 9.61 Å². The van der Waals surface area contributed by atoms with Crippen LogP contribution in [-0.4, -0.2) is 21.3 Å². The lowest BCUT2D eigenvalue weighted by Gasteiger charge is -2.17. The second-order valence-electron chi connectivity index (χ2n) is 8.16. The van der Waals surface area contributed by atoms with E-state index < -0.39 is 0 Å². The molecule has 2 heterocycles. The minimum Gasteiger partial charge on any atom is -0.497 e. The molecule has 0 unspecified atom stereocenters. The lowest BCUT2D eigenvalue weighted by molar-refractivity contribution is 0.103. The van der Waals surface area contributed by atoms with Crippen LogP contribution in [0.4, 0.5) is 0 Å². The van der Waals surface area contributed by atoms with E-state index in [4.69, 9.17) is 14.6 Å². The minimum absolute atomic E-state index is 0.204. The predicted octanol–water partition coefficient (Wildman–Crippen LogP) is 5.85. The first-order valence-electron chi connectivity index (χ1n) is 11.2. The van der Waals surface area contributed by atoms with Crippen LogP contribution in [-0.2, 0) is 25.0 Å². The summed E-state index contributed by atoms with van der Waals surface area (Å²) in [5.74, 6) is 0.724. The molecule has 0 radical (unpaired) electrons. The Morgan fingerprint density at radius 1 is 0.857 bits per heavy atom. The Hall–Kier alpha value is -3.68. The van der Waals surface area contributed by atoms with E-state index in [1.807, 2.05) is 96.5 Å². The van der Waals surface area contributed by atoms with Crippen LogP contribution in [0.3, 0.4) is 0 Å². The maximum Gasteiger partial charge on any atom is 0.282 e. The fourth-order valence-electron chi connectivity index (χ4n) is 4.18. The largest absolute Gasteiger partial charge is 0.497 e. The number of benzene rings is 3. The van der Waals surface area contributed by atoms with Gasteiger partial charge in [-0.1, -0.05) is 72.8 Å². The van der Waals surface area contributed by atoms with Crippen molar-refractivity contribution in [2.24, 2.45) is 7.05 Å². The van der Waals surface area contributed by atoms with Crippen molar-refractivity contribution in [2.75, 3.05) is 7.11 Å². The van der Waals surface area contributed by atoms with Crippen LogP contribution in [0.1, 0.15) is 11.3 Å². The number of hydrogen-bond acceptors (Lipinski definition) is 4. The third-order valence-corrected chi connectivity index (χ3v) is 6.73. The molecule has 2 aromatic heterocycles. The van der Waals surface area contributed by atoms with Gasteiger partial charge in [0.25, 0.3) is 5.56 Å². The summed E-state index contributed by atoms with van der Waals surface area (Å²) in [6.07, 6.45) is 0. The van der Waals surface area contributed by atoms with Gasteiger partial charge in [0.05, 0.1) is 36.1 Å². The quantitative estimate of drug-likeness (QED) is 0.265. The van der Waals surface area contributed by atoms with Crippen molar-refractivity contribution in [2.45, 2.75) is 13.2 Å². The Morgan fingerprint density at radius 3 is 2.17 bits per heavy atom. The second-order valence-corrected chi connectivity index (χ2v) is 8.95. The van der Waals surface area contributed by atoms with E-state index in [2.05, 4.69) is 15.9 Å². The standard InChI is InChI=1S/C28H24BrN3O3/c1-31-23(18-35-17-19-9-5-3-6-10-19)24(20-13-15-22(34-2)16-14-20)28(33)32-27(31)25(29)26(30-32)21-11-7-4-8-12-21/h3-16H,17-18H2,1-2H3. The molecule has 0 aliphatic heterocycles. The number of hydrogen-bond donors (Lipinski definition) is 0. The summed E-state index contributed by atoms with van der Waals surface area (Å²) in [5, 5.41) is 4.70. The average molecular weight is 530 g/mol. The van der Waals surface area contributed by atoms with Crippen LogP contribution in [0.5, 0.6) is 5.75 Å². The van der Waals surface area contributed by atoms with Gasteiger partial charge < -0.3 is 14.0 Å². The van der Waals surface area contributed by atoms with E-state index in [0.29, 0.717) is 23.5 Å². The maximum atomic E-state index is 13.9. The number of methoxy groups -OCH3 is 1. The van der Waals surface area contributed by atoms with Gasteiger partial charge in [-0.25, -0.2) is 0 Å². The highest BCUT2D eigenvalue weighted by molar-refractivity contribution is 9.10. The summed E-state index contributed by atoms with van der Waals surface area (Å²) in [6, 6.07) is 27.3. The number of nitrogens with zero attached hydrogens (tertiary/aromatic N) is 3. The summed E-state index contributed by atoms with van der Waals surface area (Å²) in [5.41, 5.74) is 5.26. The van der Waals surface area contributed by atoms with Gasteiger partial charge in [-0.15, -0.1) is 0 Å². The zero-order chi connectivity index (χ0) is 24.4. The Kier molecular flexibility index (Phi) is 6.53. The normalized spacial score (nSPS) is 11.2. The Labute approximate surface area is 211 Å². The van der Waals surface area contributed by atoms with E-state index in [1.54, 1.807) is 7.11 Å². The van der Waals surface area contributed by atoms with Crippen LogP contribution in [0.2, 0.25) is 0 Å². The smallest absolute Gasteiger partial charge is 0.282 e. The number of rotatable bonds is 7. The first kappa shape index (κ1) is 23.1. The molecule has 176 valence electrons. The van der Waals surface area contributed by atoms with Crippen molar-refractivity contribution < 1.29 is 9.47 Å². The lowest BCUT2D eigenvalue weighted by atomic mass is 10.0. The van der Waals surface area contributed by atoms with Crippen molar-refractivity contribution in [3.63, 3.8) is 0 Å². The molecule has 5 rings (SSSR count). The summed E-state index contributed by atoms with van der Waals surface area (Å²) in [4.78, 5) is 13.9. The summed E-state index contributed by atoms with van der Waals surface area (Å²) in [6.45, 7) is 0.703. The number of halogens is 1. The van der Waals surface area contributed by atoms with Gasteiger partial charge in [0.2, 0.25) is 0 Å². The molecule has 0 spiro atoms. The van der Waals surface area contributed by atoms with E-state index in [-0.39, 0.29) is 12.2 Å². The van der Waals surface area contributed by atoms with Gasteiger partial charge in [-0.05, 0) is 39.2 Å². The van der Waals surface area contributed by atoms with Crippen molar-refractivity contribution in [1.29, 1.82) is 0 Å². The first-order chi connectivity index (χ1) is 17.1. The fraction of sp³-hybridized carbons (Fsp3) is 0.143. The van der Waals surface area contributed by atoms with Gasteiger partial charge in [0, 0.05) is 12.6 Å². The molecule has 0 bridgehead atoms. The summed E-state index contributed by atoms with van der Waals surface area (Å²) >= 11 is 3.71. The van der Waals surface area contributed by atoms with Gasteiger partial charge in [0.1, 0.15) is 11.4 Å². The number of ether oxygens (including phenoxy) is 2. The summed E-state index contributed by atoms with van der Waals surface area (Å²) in [7, 11) is 3.56. The van der Waals surface area contributed by atoms with Crippen LogP contribution in [0, 0.1) is 0 Å². The molecule has 0 fully saturated rings. The highest BCUT2D eigenvalue weighted by Crippen LogP contribution is 2.33. The third kappa shape index (κ3) is 4.40. The number of aromatic nitrogens is 3. The molecule has 0 aliphatic carbocycles. The van der Waals surface area contributed by atoms with Crippen LogP contribution < -0.4 is 10.3 Å². The van der Waals surface area contributed by atoms with Crippen molar-refractivity contribution in [1.82, 2.24) is 14.2 Å². The predicted molar refractivity (Wildman–Crippen MR) is 140 cm³/mol. The zero-order valence-electron chi connectivity index (χ0n) is 19.4. The highest BCUT2D eigenvalue weighted by Gasteiger charge is 2.23. The molecule has 0 saturated heterocycles.